The van der Waals surface area contributed by atoms with E-state index in [1.807, 2.05) is 13.0 Å². The SMILES string of the molecule is CCCCCCCCCCCCC(O)C1CCC(C(O)CCCCCCCCCCCCC2=C[C@H](C)OC2=O)O1. The van der Waals surface area contributed by atoms with Gasteiger partial charge in [-0.3, -0.25) is 0 Å². The van der Waals surface area contributed by atoms with Gasteiger partial charge in [-0.1, -0.05) is 129 Å². The second-order valence-corrected chi connectivity index (χ2v) is 12.8. The second kappa shape index (κ2) is 22.7. The van der Waals surface area contributed by atoms with Gasteiger partial charge in [0.05, 0.1) is 24.4 Å². The molecule has 5 heteroatoms. The van der Waals surface area contributed by atoms with Crippen LogP contribution in [0.2, 0.25) is 0 Å². The van der Waals surface area contributed by atoms with E-state index in [1.165, 1.54) is 109 Å². The van der Waals surface area contributed by atoms with Crippen molar-refractivity contribution in [2.45, 2.75) is 205 Å². The van der Waals surface area contributed by atoms with Crippen molar-refractivity contribution < 1.29 is 24.5 Å². The lowest BCUT2D eigenvalue weighted by atomic mass is 10.00. The highest BCUT2D eigenvalue weighted by Gasteiger charge is 2.34. The number of ether oxygens (including phenoxy) is 2. The van der Waals surface area contributed by atoms with Gasteiger partial charge in [-0.25, -0.2) is 4.79 Å². The third-order valence-electron chi connectivity index (χ3n) is 8.98. The van der Waals surface area contributed by atoms with E-state index >= 15 is 0 Å². The number of cyclic esters (lactones) is 1. The minimum absolute atomic E-state index is 0.0443. The van der Waals surface area contributed by atoms with E-state index in [0.29, 0.717) is 0 Å². The maximum absolute atomic E-state index is 11.6. The Bertz CT molecular complexity index is 662. The zero-order valence-corrected chi connectivity index (χ0v) is 26.3. The zero-order valence-electron chi connectivity index (χ0n) is 26.3. The lowest BCUT2D eigenvalue weighted by Gasteiger charge is -2.22. The largest absolute Gasteiger partial charge is 0.455 e. The van der Waals surface area contributed by atoms with Crippen molar-refractivity contribution in [1.29, 1.82) is 0 Å². The highest BCUT2D eigenvalue weighted by molar-refractivity contribution is 5.90. The van der Waals surface area contributed by atoms with Gasteiger partial charge in [0.1, 0.15) is 6.10 Å². The van der Waals surface area contributed by atoms with Crippen LogP contribution in [0.15, 0.2) is 11.6 Å². The molecule has 0 spiro atoms. The molecule has 5 nitrogen and oxygen atoms in total. The molecule has 0 radical (unpaired) electrons. The first-order chi connectivity index (χ1) is 19.5. The maximum Gasteiger partial charge on any atom is 0.334 e. The first kappa shape index (κ1) is 35.3. The van der Waals surface area contributed by atoms with E-state index in [1.54, 1.807) is 0 Å². The Morgan fingerprint density at radius 3 is 1.48 bits per heavy atom. The van der Waals surface area contributed by atoms with Gasteiger partial charge in [0.15, 0.2) is 0 Å². The van der Waals surface area contributed by atoms with Crippen LogP contribution in [-0.4, -0.2) is 46.7 Å². The van der Waals surface area contributed by atoms with Crippen molar-refractivity contribution >= 4 is 5.97 Å². The normalized spacial score (nSPS) is 22.4. The Morgan fingerprint density at radius 2 is 1.07 bits per heavy atom. The van der Waals surface area contributed by atoms with Crippen molar-refractivity contribution in [2.24, 2.45) is 0 Å². The van der Waals surface area contributed by atoms with Crippen molar-refractivity contribution in [3.63, 3.8) is 0 Å². The molecule has 0 aromatic carbocycles. The molecular formula is C35H64O5. The summed E-state index contributed by atoms with van der Waals surface area (Å²) in [5.74, 6) is -0.117. The van der Waals surface area contributed by atoms with Crippen LogP contribution >= 0.6 is 0 Å². The Morgan fingerprint density at radius 1 is 0.675 bits per heavy atom. The number of carbonyl (C=O) groups is 1. The third-order valence-corrected chi connectivity index (χ3v) is 8.98. The highest BCUT2D eigenvalue weighted by atomic mass is 16.5. The standard InChI is InChI=1S/C35H64O5/c1-3-4-5-6-7-8-12-15-18-21-24-31(36)33-26-27-34(40-33)32(37)25-22-19-16-13-10-9-11-14-17-20-23-30-28-29(2)39-35(30)38/h28-29,31-34,36-37H,3-27H2,1-2H3/t29-,31?,32?,33?,34?/m0/s1. The lowest BCUT2D eigenvalue weighted by Crippen LogP contribution is -2.31. The molecule has 4 unspecified atom stereocenters. The van der Waals surface area contributed by atoms with Crippen LogP contribution in [0.25, 0.3) is 0 Å². The van der Waals surface area contributed by atoms with Crippen molar-refractivity contribution in [2.75, 3.05) is 0 Å². The molecule has 1 saturated heterocycles. The van der Waals surface area contributed by atoms with Crippen LogP contribution in [0.5, 0.6) is 0 Å². The number of carbonyl (C=O) groups excluding carboxylic acids is 1. The van der Waals surface area contributed by atoms with Crippen LogP contribution in [0.4, 0.5) is 0 Å². The summed E-state index contributed by atoms with van der Waals surface area (Å²) in [4.78, 5) is 11.6. The van der Waals surface area contributed by atoms with Crippen LogP contribution in [0.1, 0.15) is 174 Å². The average Bonchev–Trinajstić information content (AvgIpc) is 3.56. The van der Waals surface area contributed by atoms with Gasteiger partial charge in [0.2, 0.25) is 0 Å². The molecule has 0 aromatic heterocycles. The van der Waals surface area contributed by atoms with Gasteiger partial charge in [-0.15, -0.1) is 0 Å². The molecule has 2 rings (SSSR count). The summed E-state index contributed by atoms with van der Waals surface area (Å²) < 4.78 is 11.2. The summed E-state index contributed by atoms with van der Waals surface area (Å²) in [6.45, 7) is 4.18. The number of hydrogen-bond acceptors (Lipinski definition) is 5. The second-order valence-electron chi connectivity index (χ2n) is 12.8. The fourth-order valence-electron chi connectivity index (χ4n) is 6.37. The molecular weight excluding hydrogens is 500 g/mol. The van der Waals surface area contributed by atoms with Crippen molar-refractivity contribution in [1.82, 2.24) is 0 Å². The number of esters is 1. The Kier molecular flexibility index (Phi) is 20.0. The smallest absolute Gasteiger partial charge is 0.334 e. The number of aliphatic hydroxyl groups excluding tert-OH is 2. The van der Waals surface area contributed by atoms with Gasteiger partial charge in [0.25, 0.3) is 0 Å². The Labute approximate surface area is 246 Å². The van der Waals surface area contributed by atoms with E-state index < -0.39 is 0 Å². The van der Waals surface area contributed by atoms with Crippen LogP contribution in [0.3, 0.4) is 0 Å². The molecule has 2 heterocycles. The molecule has 0 saturated carbocycles. The summed E-state index contributed by atoms with van der Waals surface area (Å²) in [7, 11) is 0. The monoisotopic (exact) mass is 564 g/mol. The highest BCUT2D eigenvalue weighted by Crippen LogP contribution is 2.28. The fourth-order valence-corrected chi connectivity index (χ4v) is 6.37. The molecule has 0 bridgehead atoms. The summed E-state index contributed by atoms with van der Waals surface area (Å²) in [6.07, 6.45) is 30.5. The fraction of sp³-hybridized carbons (Fsp3) is 0.914. The Hall–Kier alpha value is -0.910. The molecule has 5 atom stereocenters. The van der Waals surface area contributed by atoms with Crippen LogP contribution in [0, 0.1) is 0 Å². The van der Waals surface area contributed by atoms with Crippen LogP contribution in [-0.2, 0) is 14.3 Å². The summed E-state index contributed by atoms with van der Waals surface area (Å²) in [6, 6.07) is 0. The molecule has 2 aliphatic heterocycles. The van der Waals surface area contributed by atoms with E-state index in [0.717, 1.165) is 56.9 Å². The van der Waals surface area contributed by atoms with Gasteiger partial charge in [0, 0.05) is 5.57 Å². The summed E-state index contributed by atoms with van der Waals surface area (Å²) in [5.41, 5.74) is 0.870. The quantitative estimate of drug-likeness (QED) is 0.0809. The Balaban J connectivity index is 1.35. The van der Waals surface area contributed by atoms with Gasteiger partial charge in [-0.05, 0) is 51.5 Å². The minimum Gasteiger partial charge on any atom is -0.455 e. The van der Waals surface area contributed by atoms with E-state index in [-0.39, 0.29) is 36.5 Å². The van der Waals surface area contributed by atoms with Gasteiger partial charge >= 0.3 is 5.97 Å². The summed E-state index contributed by atoms with van der Waals surface area (Å²) >= 11 is 0. The minimum atomic E-state index is -0.389. The topological polar surface area (TPSA) is 76.0 Å². The first-order valence-corrected chi connectivity index (χ1v) is 17.4. The predicted octanol–water partition coefficient (Wildman–Crippen LogP) is 9.12. The van der Waals surface area contributed by atoms with Gasteiger partial charge in [-0.2, -0.15) is 0 Å². The third kappa shape index (κ3) is 15.9. The molecule has 0 amide bonds. The predicted molar refractivity (Wildman–Crippen MR) is 165 cm³/mol. The lowest BCUT2D eigenvalue weighted by molar-refractivity contribution is -0.139. The number of rotatable bonds is 26. The maximum atomic E-state index is 11.6. The molecule has 0 aliphatic carbocycles. The zero-order chi connectivity index (χ0) is 28.8. The van der Waals surface area contributed by atoms with E-state index in [9.17, 15) is 15.0 Å². The molecule has 234 valence electrons. The van der Waals surface area contributed by atoms with Crippen molar-refractivity contribution in [3.05, 3.63) is 11.6 Å². The molecule has 2 N–H and O–H groups in total. The number of unbranched alkanes of at least 4 members (excludes halogenated alkanes) is 18. The van der Waals surface area contributed by atoms with Gasteiger partial charge < -0.3 is 19.7 Å². The molecule has 2 aliphatic rings. The van der Waals surface area contributed by atoms with E-state index in [4.69, 9.17) is 9.47 Å². The first-order valence-electron chi connectivity index (χ1n) is 17.4. The number of hydrogen-bond donors (Lipinski definition) is 2. The summed E-state index contributed by atoms with van der Waals surface area (Å²) in [5, 5.41) is 21.2. The molecule has 40 heavy (non-hydrogen) atoms. The molecule has 1 fully saturated rings. The number of aliphatic hydroxyl groups is 2. The van der Waals surface area contributed by atoms with Crippen molar-refractivity contribution in [3.8, 4) is 0 Å². The average molecular weight is 565 g/mol. The van der Waals surface area contributed by atoms with Crippen LogP contribution < -0.4 is 0 Å². The van der Waals surface area contributed by atoms with E-state index in [2.05, 4.69) is 6.92 Å². The molecule has 0 aromatic rings.